The van der Waals surface area contributed by atoms with Crippen LogP contribution in [0.15, 0.2) is 0 Å². The molecule has 1 fully saturated rings. The van der Waals surface area contributed by atoms with Crippen LogP contribution in [0.4, 0.5) is 0 Å². The summed E-state index contributed by atoms with van der Waals surface area (Å²) in [5.74, 6) is 0.888. The summed E-state index contributed by atoms with van der Waals surface area (Å²) in [6.45, 7) is 6.93. The normalized spacial score (nSPS) is 19.5. The van der Waals surface area contributed by atoms with Gasteiger partial charge >= 0.3 is 0 Å². The van der Waals surface area contributed by atoms with Crippen LogP contribution in [-0.4, -0.2) is 26.8 Å². The summed E-state index contributed by atoms with van der Waals surface area (Å²) in [5, 5.41) is 12.9. The van der Waals surface area contributed by atoms with Gasteiger partial charge in [0.1, 0.15) is 0 Å². The number of rotatable bonds is 3. The van der Waals surface area contributed by atoms with Crippen molar-refractivity contribution in [3.05, 3.63) is 5.82 Å². The summed E-state index contributed by atoms with van der Waals surface area (Å²) >= 11 is 0. The molecular formula is C11H21N5. The van der Waals surface area contributed by atoms with E-state index in [2.05, 4.69) is 36.2 Å². The van der Waals surface area contributed by atoms with E-state index >= 15 is 0 Å². The highest BCUT2D eigenvalue weighted by molar-refractivity contribution is 5.10. The maximum atomic E-state index is 5.67. The van der Waals surface area contributed by atoms with Gasteiger partial charge < -0.3 is 5.73 Å². The topological polar surface area (TPSA) is 69.6 Å². The van der Waals surface area contributed by atoms with Crippen LogP contribution >= 0.6 is 0 Å². The molecule has 1 aliphatic carbocycles. The van der Waals surface area contributed by atoms with E-state index in [-0.39, 0.29) is 11.0 Å². The third-order valence-electron chi connectivity index (χ3n) is 3.42. The first-order chi connectivity index (χ1) is 7.48. The molecule has 0 saturated heterocycles. The monoisotopic (exact) mass is 223 g/mol. The summed E-state index contributed by atoms with van der Waals surface area (Å²) in [5.41, 5.74) is 5.70. The van der Waals surface area contributed by atoms with Crippen LogP contribution < -0.4 is 5.73 Å². The van der Waals surface area contributed by atoms with Crippen molar-refractivity contribution in [2.24, 2.45) is 5.73 Å². The molecule has 16 heavy (non-hydrogen) atoms. The highest BCUT2D eigenvalue weighted by Gasteiger charge is 2.42. The van der Waals surface area contributed by atoms with E-state index in [0.29, 0.717) is 6.54 Å². The molecule has 0 spiro atoms. The van der Waals surface area contributed by atoms with E-state index in [1.807, 2.05) is 0 Å². The number of nitrogens with zero attached hydrogens (tertiary/aromatic N) is 4. The van der Waals surface area contributed by atoms with Crippen LogP contribution in [0.5, 0.6) is 0 Å². The van der Waals surface area contributed by atoms with Gasteiger partial charge in [-0.1, -0.05) is 6.42 Å². The third kappa shape index (κ3) is 1.84. The van der Waals surface area contributed by atoms with Crippen molar-refractivity contribution >= 4 is 0 Å². The number of tetrazole rings is 1. The quantitative estimate of drug-likeness (QED) is 0.836. The molecule has 0 bridgehead atoms. The van der Waals surface area contributed by atoms with Gasteiger partial charge in [0.25, 0.3) is 0 Å². The van der Waals surface area contributed by atoms with E-state index in [9.17, 15) is 0 Å². The maximum Gasteiger partial charge on any atom is 0.181 e. The number of hydrogen-bond donors (Lipinski definition) is 1. The fraction of sp³-hybridized carbons (Fsp3) is 0.909. The number of aromatic nitrogens is 4. The maximum absolute atomic E-state index is 5.67. The van der Waals surface area contributed by atoms with Crippen molar-refractivity contribution in [1.82, 2.24) is 20.2 Å². The first-order valence-electron chi connectivity index (χ1n) is 5.99. The molecule has 0 aromatic carbocycles. The minimum Gasteiger partial charge on any atom is -0.330 e. The van der Waals surface area contributed by atoms with Crippen molar-refractivity contribution in [3.63, 3.8) is 0 Å². The van der Waals surface area contributed by atoms with Crippen molar-refractivity contribution < 1.29 is 0 Å². The van der Waals surface area contributed by atoms with Crippen LogP contribution in [0.1, 0.15) is 52.3 Å². The van der Waals surface area contributed by atoms with Crippen molar-refractivity contribution in [1.29, 1.82) is 0 Å². The zero-order valence-corrected chi connectivity index (χ0v) is 10.4. The Hall–Kier alpha value is -0.970. The Kier molecular flexibility index (Phi) is 2.74. The highest BCUT2D eigenvalue weighted by Crippen LogP contribution is 2.44. The Morgan fingerprint density at radius 2 is 2.06 bits per heavy atom. The smallest absolute Gasteiger partial charge is 0.181 e. The summed E-state index contributed by atoms with van der Waals surface area (Å²) in [6.07, 6.45) is 4.53. The predicted molar refractivity (Wildman–Crippen MR) is 62.0 cm³/mol. The van der Waals surface area contributed by atoms with Gasteiger partial charge in [0.05, 0.1) is 5.54 Å². The molecule has 1 aromatic heterocycles. The average Bonchev–Trinajstić information content (AvgIpc) is 2.59. The van der Waals surface area contributed by atoms with Gasteiger partial charge in [0.15, 0.2) is 5.82 Å². The second kappa shape index (κ2) is 3.80. The molecule has 0 unspecified atom stereocenters. The van der Waals surface area contributed by atoms with E-state index in [1.165, 1.54) is 6.42 Å². The minimum atomic E-state index is -0.0983. The van der Waals surface area contributed by atoms with Crippen LogP contribution in [0.25, 0.3) is 0 Å². The standard InChI is InChI=1S/C11H21N5/c1-10(2,3)16-14-9(13-15-16)11(7-8-12)5-4-6-11/h4-8,12H2,1-3H3. The summed E-state index contributed by atoms with van der Waals surface area (Å²) in [7, 11) is 0. The zero-order chi connectivity index (χ0) is 11.8. The molecule has 5 nitrogen and oxygen atoms in total. The van der Waals surface area contributed by atoms with Gasteiger partial charge in [-0.25, -0.2) is 0 Å². The van der Waals surface area contributed by atoms with Gasteiger partial charge in [-0.15, -0.1) is 10.2 Å². The van der Waals surface area contributed by atoms with E-state index in [1.54, 1.807) is 4.80 Å². The average molecular weight is 223 g/mol. The lowest BCUT2D eigenvalue weighted by atomic mass is 9.66. The summed E-state index contributed by atoms with van der Waals surface area (Å²) in [6, 6.07) is 0. The van der Waals surface area contributed by atoms with Crippen LogP contribution in [0, 0.1) is 0 Å². The Bertz CT molecular complexity index is 359. The minimum absolute atomic E-state index is 0.0983. The van der Waals surface area contributed by atoms with Crippen LogP contribution in [-0.2, 0) is 11.0 Å². The first-order valence-corrected chi connectivity index (χ1v) is 5.99. The lowest BCUT2D eigenvalue weighted by Crippen LogP contribution is -2.38. The fourth-order valence-electron chi connectivity index (χ4n) is 2.18. The molecule has 5 heteroatoms. The van der Waals surface area contributed by atoms with Crippen LogP contribution in [0.2, 0.25) is 0 Å². The second-order valence-corrected chi connectivity index (χ2v) is 5.75. The molecule has 2 N–H and O–H groups in total. The molecular weight excluding hydrogens is 202 g/mol. The molecule has 1 heterocycles. The molecule has 0 aliphatic heterocycles. The van der Waals surface area contributed by atoms with Gasteiger partial charge in [0.2, 0.25) is 0 Å². The number of hydrogen-bond acceptors (Lipinski definition) is 4. The summed E-state index contributed by atoms with van der Waals surface area (Å²) < 4.78 is 0. The largest absolute Gasteiger partial charge is 0.330 e. The van der Waals surface area contributed by atoms with Crippen LogP contribution in [0.3, 0.4) is 0 Å². The Morgan fingerprint density at radius 1 is 1.38 bits per heavy atom. The summed E-state index contributed by atoms with van der Waals surface area (Å²) in [4.78, 5) is 1.71. The Labute approximate surface area is 96.4 Å². The molecule has 0 radical (unpaired) electrons. The zero-order valence-electron chi connectivity index (χ0n) is 10.4. The first kappa shape index (κ1) is 11.5. The third-order valence-corrected chi connectivity index (χ3v) is 3.42. The van der Waals surface area contributed by atoms with E-state index in [4.69, 9.17) is 5.73 Å². The van der Waals surface area contributed by atoms with Gasteiger partial charge in [-0.3, -0.25) is 0 Å². The van der Waals surface area contributed by atoms with Crippen molar-refractivity contribution in [3.8, 4) is 0 Å². The molecule has 0 amide bonds. The van der Waals surface area contributed by atoms with Gasteiger partial charge in [0, 0.05) is 5.41 Å². The molecule has 1 aromatic rings. The fourth-order valence-corrected chi connectivity index (χ4v) is 2.18. The van der Waals surface area contributed by atoms with E-state index in [0.717, 1.165) is 25.1 Å². The number of nitrogens with two attached hydrogens (primary N) is 1. The predicted octanol–water partition coefficient (Wildman–Crippen LogP) is 1.20. The molecule has 1 aliphatic rings. The lowest BCUT2D eigenvalue weighted by molar-refractivity contribution is 0.211. The van der Waals surface area contributed by atoms with E-state index < -0.39 is 0 Å². The molecule has 90 valence electrons. The Balaban J connectivity index is 2.24. The van der Waals surface area contributed by atoms with Gasteiger partial charge in [-0.2, -0.15) is 4.80 Å². The second-order valence-electron chi connectivity index (χ2n) is 5.75. The molecule has 1 saturated carbocycles. The SMILES string of the molecule is CC(C)(C)n1nnc(C2(CCN)CCC2)n1. The lowest BCUT2D eigenvalue weighted by Gasteiger charge is -2.38. The van der Waals surface area contributed by atoms with Gasteiger partial charge in [-0.05, 0) is 51.8 Å². The van der Waals surface area contributed by atoms with Crippen molar-refractivity contribution in [2.45, 2.75) is 57.4 Å². The molecule has 0 atom stereocenters. The highest BCUT2D eigenvalue weighted by atomic mass is 15.6. The molecule has 2 rings (SSSR count). The van der Waals surface area contributed by atoms with Crippen molar-refractivity contribution in [2.75, 3.05) is 6.54 Å². The Morgan fingerprint density at radius 3 is 2.44 bits per heavy atom.